The van der Waals surface area contributed by atoms with Crippen molar-refractivity contribution in [1.29, 1.82) is 0 Å². The summed E-state index contributed by atoms with van der Waals surface area (Å²) < 4.78 is 25.1. The third kappa shape index (κ3) is 3.61. The van der Waals surface area contributed by atoms with Crippen molar-refractivity contribution in [2.24, 2.45) is 0 Å². The van der Waals surface area contributed by atoms with Gasteiger partial charge in [0.15, 0.2) is 0 Å². The molecule has 0 bridgehead atoms. The minimum atomic E-state index is -0.567. The predicted molar refractivity (Wildman–Crippen MR) is 122 cm³/mol. The van der Waals surface area contributed by atoms with Gasteiger partial charge in [0.25, 0.3) is 0 Å². The Kier molecular flexibility index (Phi) is 5.47. The largest absolute Gasteiger partial charge is 0.507 e. The Hall–Kier alpha value is -3.49. The molecule has 1 aliphatic rings. The second kappa shape index (κ2) is 8.46. The molecule has 7 nitrogen and oxygen atoms in total. The number of aromatic nitrogens is 1. The average molecular weight is 449 g/mol. The maximum Gasteiger partial charge on any atom is 0.341 e. The molecule has 5 rings (SSSR count). The number of ether oxygens (including phenoxy) is 1. The number of fused-ring (bicyclic) bond motifs is 3. The van der Waals surface area contributed by atoms with Crippen LogP contribution in [-0.4, -0.2) is 66.2 Å². The number of phenols is 1. The molecule has 1 saturated heterocycles. The molecule has 0 aliphatic carbocycles. The van der Waals surface area contributed by atoms with Crippen molar-refractivity contribution >= 4 is 27.7 Å². The van der Waals surface area contributed by atoms with Crippen LogP contribution in [-0.2, 0) is 4.74 Å². The Morgan fingerprint density at radius 2 is 1.88 bits per heavy atom. The number of furan rings is 1. The van der Waals surface area contributed by atoms with E-state index in [2.05, 4.69) is 21.8 Å². The van der Waals surface area contributed by atoms with Crippen LogP contribution in [0.2, 0.25) is 0 Å². The lowest BCUT2D eigenvalue weighted by atomic mass is 9.89. The van der Waals surface area contributed by atoms with Crippen LogP contribution in [0.4, 0.5) is 4.39 Å². The molecule has 1 fully saturated rings. The summed E-state index contributed by atoms with van der Waals surface area (Å²) in [5.41, 5.74) is 2.02. The molecular weight excluding hydrogens is 425 g/mol. The summed E-state index contributed by atoms with van der Waals surface area (Å²) >= 11 is 0. The van der Waals surface area contributed by atoms with Gasteiger partial charge in [-0.3, -0.25) is 9.88 Å². The Labute approximate surface area is 190 Å². The first-order valence-electron chi connectivity index (χ1n) is 10.8. The van der Waals surface area contributed by atoms with Crippen molar-refractivity contribution in [2.75, 3.05) is 40.3 Å². The topological polar surface area (TPSA) is 79.0 Å². The van der Waals surface area contributed by atoms with E-state index >= 15 is 0 Å². The van der Waals surface area contributed by atoms with Crippen LogP contribution in [0.1, 0.15) is 27.5 Å². The third-order valence-corrected chi connectivity index (χ3v) is 6.40. The number of benzene rings is 2. The lowest BCUT2D eigenvalue weighted by Crippen LogP contribution is -2.46. The minimum Gasteiger partial charge on any atom is -0.507 e. The van der Waals surface area contributed by atoms with Crippen LogP contribution in [0, 0.1) is 5.82 Å². The first-order chi connectivity index (χ1) is 16.0. The van der Waals surface area contributed by atoms with E-state index in [4.69, 9.17) is 9.15 Å². The summed E-state index contributed by atoms with van der Waals surface area (Å²) in [7, 11) is 3.37. The third-order valence-electron chi connectivity index (χ3n) is 6.40. The number of phenolic OH excluding ortho intramolecular Hbond substituents is 1. The highest BCUT2D eigenvalue weighted by molar-refractivity contribution is 6.16. The number of likely N-dealkylation sites (N-methyl/N-ethyl adjacent to an activating group) is 1. The zero-order chi connectivity index (χ0) is 23.1. The highest BCUT2D eigenvalue weighted by atomic mass is 19.1. The van der Waals surface area contributed by atoms with Gasteiger partial charge in [-0.25, -0.2) is 9.18 Å². The number of carbonyl (C=O) groups is 1. The van der Waals surface area contributed by atoms with Crippen molar-refractivity contribution in [3.8, 4) is 5.75 Å². The first kappa shape index (κ1) is 21.4. The van der Waals surface area contributed by atoms with E-state index in [0.717, 1.165) is 31.7 Å². The first-order valence-corrected chi connectivity index (χ1v) is 10.8. The van der Waals surface area contributed by atoms with Gasteiger partial charge in [-0.1, -0.05) is 0 Å². The number of halogens is 1. The second-order valence-corrected chi connectivity index (χ2v) is 8.32. The van der Waals surface area contributed by atoms with E-state index in [0.29, 0.717) is 27.3 Å². The maximum absolute atomic E-state index is 14.2. The van der Waals surface area contributed by atoms with Crippen LogP contribution in [0.5, 0.6) is 5.75 Å². The number of esters is 1. The number of hydrogen-bond acceptors (Lipinski definition) is 7. The molecule has 2 aromatic carbocycles. The Morgan fingerprint density at radius 3 is 2.58 bits per heavy atom. The van der Waals surface area contributed by atoms with Crippen LogP contribution in [0.3, 0.4) is 0 Å². The van der Waals surface area contributed by atoms with Gasteiger partial charge in [0.05, 0.1) is 13.2 Å². The lowest BCUT2D eigenvalue weighted by molar-refractivity contribution is 0.0601. The van der Waals surface area contributed by atoms with Gasteiger partial charge in [-0.05, 0) is 42.9 Å². The predicted octanol–water partition coefficient (Wildman–Crippen LogP) is 3.95. The molecule has 0 radical (unpaired) electrons. The average Bonchev–Trinajstić information content (AvgIpc) is 3.27. The fraction of sp³-hybridized carbons (Fsp3) is 0.280. The number of nitrogens with zero attached hydrogens (tertiary/aromatic N) is 3. The summed E-state index contributed by atoms with van der Waals surface area (Å²) in [5, 5.41) is 12.9. The number of pyridine rings is 1. The van der Waals surface area contributed by atoms with Crippen molar-refractivity contribution < 1.29 is 23.4 Å². The van der Waals surface area contributed by atoms with Gasteiger partial charge in [-0.15, -0.1) is 0 Å². The Morgan fingerprint density at radius 1 is 1.15 bits per heavy atom. The van der Waals surface area contributed by atoms with E-state index < -0.39 is 17.8 Å². The molecule has 4 aromatic rings. The minimum absolute atomic E-state index is 0.0794. The summed E-state index contributed by atoms with van der Waals surface area (Å²) in [6.07, 6.45) is 4.74. The van der Waals surface area contributed by atoms with Gasteiger partial charge in [0.1, 0.15) is 29.0 Å². The zero-order valence-corrected chi connectivity index (χ0v) is 18.4. The molecule has 3 heterocycles. The zero-order valence-electron chi connectivity index (χ0n) is 18.4. The quantitative estimate of drug-likeness (QED) is 0.473. The van der Waals surface area contributed by atoms with Gasteiger partial charge >= 0.3 is 5.97 Å². The van der Waals surface area contributed by atoms with E-state index in [-0.39, 0.29) is 11.3 Å². The fourth-order valence-corrected chi connectivity index (χ4v) is 4.71. The van der Waals surface area contributed by atoms with Crippen molar-refractivity contribution in [3.05, 3.63) is 71.5 Å². The highest BCUT2D eigenvalue weighted by Gasteiger charge is 2.33. The van der Waals surface area contributed by atoms with E-state index in [9.17, 15) is 14.3 Å². The number of aromatic hydroxyl groups is 1. The van der Waals surface area contributed by atoms with Crippen LogP contribution < -0.4 is 0 Å². The van der Waals surface area contributed by atoms with Crippen molar-refractivity contribution in [1.82, 2.24) is 14.8 Å². The van der Waals surface area contributed by atoms with E-state index in [1.54, 1.807) is 18.5 Å². The SMILES string of the molecule is COC(=O)c1coc2c1c(C(c1ccncc1)N1CCN(C)CC1)c(O)c1cc(F)ccc12. The van der Waals surface area contributed by atoms with Crippen molar-refractivity contribution in [3.63, 3.8) is 0 Å². The summed E-state index contributed by atoms with van der Waals surface area (Å²) in [6.45, 7) is 3.19. The number of piperazine rings is 1. The molecule has 2 aromatic heterocycles. The molecule has 33 heavy (non-hydrogen) atoms. The molecule has 8 heteroatoms. The molecular formula is C25H24FN3O4. The maximum atomic E-state index is 14.2. The van der Waals surface area contributed by atoms with Crippen LogP contribution >= 0.6 is 0 Å². The number of rotatable bonds is 4. The van der Waals surface area contributed by atoms with Gasteiger partial charge in [0, 0.05) is 60.3 Å². The molecule has 0 spiro atoms. The number of hydrogen-bond donors (Lipinski definition) is 1. The second-order valence-electron chi connectivity index (χ2n) is 8.32. The standard InChI is InChI=1S/C25H24FN3O4/c1-28-9-11-29(12-10-28)22(15-5-7-27-8-6-15)21-20-19(25(31)32-2)14-33-24(20)17-4-3-16(26)13-18(17)23(21)30/h3-8,13-14,22,30H,9-12H2,1-2H3. The molecule has 1 N–H and O–H groups in total. The lowest BCUT2D eigenvalue weighted by Gasteiger charge is -2.39. The highest BCUT2D eigenvalue weighted by Crippen LogP contribution is 2.46. The van der Waals surface area contributed by atoms with Crippen molar-refractivity contribution in [2.45, 2.75) is 6.04 Å². The number of methoxy groups -OCH3 is 1. The number of carbonyl (C=O) groups excluding carboxylic acids is 1. The molecule has 0 saturated carbocycles. The summed E-state index contributed by atoms with van der Waals surface area (Å²) in [6, 6.07) is 7.53. The molecule has 170 valence electrons. The van der Waals surface area contributed by atoms with Crippen LogP contribution in [0.25, 0.3) is 21.7 Å². The Balaban J connectivity index is 1.86. The van der Waals surface area contributed by atoms with Gasteiger partial charge < -0.3 is 19.2 Å². The molecule has 1 atom stereocenters. The van der Waals surface area contributed by atoms with E-state index in [1.165, 1.54) is 25.5 Å². The monoisotopic (exact) mass is 449 g/mol. The van der Waals surface area contributed by atoms with Crippen LogP contribution in [0.15, 0.2) is 53.4 Å². The fourth-order valence-electron chi connectivity index (χ4n) is 4.71. The summed E-state index contributed by atoms with van der Waals surface area (Å²) in [4.78, 5) is 21.3. The molecule has 1 unspecified atom stereocenters. The van der Waals surface area contributed by atoms with Gasteiger partial charge in [-0.2, -0.15) is 0 Å². The Bertz CT molecular complexity index is 1330. The smallest absolute Gasteiger partial charge is 0.341 e. The van der Waals surface area contributed by atoms with E-state index in [1.807, 2.05) is 12.1 Å². The molecule has 1 aliphatic heterocycles. The summed E-state index contributed by atoms with van der Waals surface area (Å²) in [5.74, 6) is -1.12. The molecule has 0 amide bonds. The van der Waals surface area contributed by atoms with Gasteiger partial charge in [0.2, 0.25) is 0 Å². The normalized spacial score (nSPS) is 16.3.